The van der Waals surface area contributed by atoms with Gasteiger partial charge in [0.25, 0.3) is 11.7 Å². The highest BCUT2D eigenvalue weighted by atomic mass is 16.2. The fraction of sp³-hybridized carbons (Fsp3) is 0.111. The molecule has 4 heteroatoms. The van der Waals surface area contributed by atoms with Gasteiger partial charge in [-0.25, -0.2) is 0 Å². The molecular formula is C18H16N2O2. The summed E-state index contributed by atoms with van der Waals surface area (Å²) < 4.78 is 0. The van der Waals surface area contributed by atoms with Crippen molar-refractivity contribution in [3.63, 3.8) is 0 Å². The molecule has 0 spiro atoms. The van der Waals surface area contributed by atoms with Crippen molar-refractivity contribution in [3.05, 3.63) is 65.4 Å². The highest BCUT2D eigenvalue weighted by Crippen LogP contribution is 2.20. The molecule has 1 heterocycles. The molecule has 3 aromatic rings. The van der Waals surface area contributed by atoms with Gasteiger partial charge in [-0.05, 0) is 37.1 Å². The first-order valence-corrected chi connectivity index (χ1v) is 7.05. The van der Waals surface area contributed by atoms with Gasteiger partial charge in [0.05, 0.1) is 5.56 Å². The standard InChI is InChI=1S/C18H16N2O2/c1-11-7-8-12(2)16(9-11)20-18(22)17(21)14-10-19-15-6-4-3-5-13(14)15/h3-10,19H,1-2H3,(H,20,22). The summed E-state index contributed by atoms with van der Waals surface area (Å²) in [5.41, 5.74) is 3.84. The fourth-order valence-corrected chi connectivity index (χ4v) is 2.43. The molecule has 0 radical (unpaired) electrons. The quantitative estimate of drug-likeness (QED) is 0.572. The van der Waals surface area contributed by atoms with Gasteiger partial charge in [-0.1, -0.05) is 30.3 Å². The number of H-pyrrole nitrogens is 1. The lowest BCUT2D eigenvalue weighted by molar-refractivity contribution is -0.112. The van der Waals surface area contributed by atoms with Crippen LogP contribution in [0.5, 0.6) is 0 Å². The maximum absolute atomic E-state index is 12.4. The lowest BCUT2D eigenvalue weighted by Crippen LogP contribution is -2.23. The molecule has 2 aromatic carbocycles. The molecule has 0 unspecified atom stereocenters. The van der Waals surface area contributed by atoms with Crippen molar-refractivity contribution in [1.82, 2.24) is 4.98 Å². The number of carbonyl (C=O) groups is 2. The van der Waals surface area contributed by atoms with Gasteiger partial charge in [-0.2, -0.15) is 0 Å². The molecule has 1 aromatic heterocycles. The number of rotatable bonds is 3. The molecule has 4 nitrogen and oxygen atoms in total. The van der Waals surface area contributed by atoms with Crippen molar-refractivity contribution >= 4 is 28.3 Å². The average molecular weight is 292 g/mol. The summed E-state index contributed by atoms with van der Waals surface area (Å²) in [7, 11) is 0. The largest absolute Gasteiger partial charge is 0.360 e. The summed E-state index contributed by atoms with van der Waals surface area (Å²) in [6.07, 6.45) is 1.58. The highest BCUT2D eigenvalue weighted by molar-refractivity contribution is 6.48. The zero-order valence-corrected chi connectivity index (χ0v) is 12.4. The van der Waals surface area contributed by atoms with Gasteiger partial charge in [0.15, 0.2) is 0 Å². The molecule has 2 N–H and O–H groups in total. The summed E-state index contributed by atoms with van der Waals surface area (Å²) in [6, 6.07) is 13.2. The van der Waals surface area contributed by atoms with Crippen LogP contribution in [0.2, 0.25) is 0 Å². The molecule has 0 aliphatic carbocycles. The first-order chi connectivity index (χ1) is 10.6. The van der Waals surface area contributed by atoms with E-state index in [1.807, 2.05) is 56.3 Å². The van der Waals surface area contributed by atoms with Crippen LogP contribution in [-0.4, -0.2) is 16.7 Å². The van der Waals surface area contributed by atoms with Crippen LogP contribution in [0, 0.1) is 13.8 Å². The van der Waals surface area contributed by atoms with E-state index in [0.717, 1.165) is 22.0 Å². The SMILES string of the molecule is Cc1ccc(C)c(NC(=O)C(=O)c2c[nH]c3ccccc23)c1. The Morgan fingerprint density at radius 3 is 2.64 bits per heavy atom. The van der Waals surface area contributed by atoms with E-state index >= 15 is 0 Å². The molecule has 22 heavy (non-hydrogen) atoms. The van der Waals surface area contributed by atoms with Crippen LogP contribution >= 0.6 is 0 Å². The van der Waals surface area contributed by atoms with Gasteiger partial charge in [-0.3, -0.25) is 9.59 Å². The Hall–Kier alpha value is -2.88. The normalized spacial score (nSPS) is 10.6. The predicted molar refractivity (Wildman–Crippen MR) is 87.2 cm³/mol. The van der Waals surface area contributed by atoms with Gasteiger partial charge in [0.1, 0.15) is 0 Å². The third-order valence-electron chi connectivity index (χ3n) is 3.68. The second-order valence-electron chi connectivity index (χ2n) is 5.35. The molecule has 0 saturated carbocycles. The Balaban J connectivity index is 1.89. The van der Waals surface area contributed by atoms with Crippen LogP contribution in [-0.2, 0) is 4.79 Å². The zero-order valence-electron chi connectivity index (χ0n) is 12.4. The number of carbonyl (C=O) groups excluding carboxylic acids is 2. The molecule has 0 bridgehead atoms. The van der Waals surface area contributed by atoms with Gasteiger partial charge in [0.2, 0.25) is 0 Å². The van der Waals surface area contributed by atoms with E-state index < -0.39 is 11.7 Å². The summed E-state index contributed by atoms with van der Waals surface area (Å²) in [5.74, 6) is -1.17. The van der Waals surface area contributed by atoms with Gasteiger partial charge < -0.3 is 10.3 Å². The number of fused-ring (bicyclic) bond motifs is 1. The Morgan fingerprint density at radius 1 is 1.05 bits per heavy atom. The molecule has 0 aliphatic rings. The Kier molecular flexibility index (Phi) is 3.51. The van der Waals surface area contributed by atoms with Crippen molar-refractivity contribution in [1.29, 1.82) is 0 Å². The number of hydrogen-bond acceptors (Lipinski definition) is 2. The third kappa shape index (κ3) is 2.51. The minimum absolute atomic E-state index is 0.387. The van der Waals surface area contributed by atoms with Crippen molar-refractivity contribution < 1.29 is 9.59 Å². The number of ketones is 1. The molecule has 0 fully saturated rings. The predicted octanol–water partition coefficient (Wildman–Crippen LogP) is 3.61. The van der Waals surface area contributed by atoms with Crippen LogP contribution in [0.1, 0.15) is 21.5 Å². The molecule has 0 atom stereocenters. The van der Waals surface area contributed by atoms with Crippen LogP contribution in [0.15, 0.2) is 48.7 Å². The molecule has 1 amide bonds. The van der Waals surface area contributed by atoms with E-state index in [-0.39, 0.29) is 0 Å². The Morgan fingerprint density at radius 2 is 1.82 bits per heavy atom. The minimum atomic E-state index is -0.626. The number of hydrogen-bond donors (Lipinski definition) is 2. The number of aryl methyl sites for hydroxylation is 2. The number of nitrogens with one attached hydrogen (secondary N) is 2. The fourth-order valence-electron chi connectivity index (χ4n) is 2.43. The number of amides is 1. The third-order valence-corrected chi connectivity index (χ3v) is 3.68. The number of benzene rings is 2. The minimum Gasteiger partial charge on any atom is -0.360 e. The maximum atomic E-state index is 12.4. The number of anilines is 1. The zero-order chi connectivity index (χ0) is 15.7. The van der Waals surface area contributed by atoms with Gasteiger partial charge >= 0.3 is 0 Å². The van der Waals surface area contributed by atoms with Crippen molar-refractivity contribution in [3.8, 4) is 0 Å². The highest BCUT2D eigenvalue weighted by Gasteiger charge is 2.20. The first-order valence-electron chi connectivity index (χ1n) is 7.05. The van der Waals surface area contributed by atoms with Gasteiger partial charge in [0, 0.05) is 22.8 Å². The number of para-hydroxylation sites is 1. The Bertz CT molecular complexity index is 878. The molecule has 0 aliphatic heterocycles. The second kappa shape index (κ2) is 5.48. The van der Waals surface area contributed by atoms with E-state index in [9.17, 15) is 9.59 Å². The Labute approximate surface area is 128 Å². The lowest BCUT2D eigenvalue weighted by atomic mass is 10.1. The number of Topliss-reactive ketones (excluding diaryl/α,β-unsaturated/α-hetero) is 1. The van der Waals surface area contributed by atoms with Crippen molar-refractivity contribution in [2.75, 3.05) is 5.32 Å². The molecule has 110 valence electrons. The van der Waals surface area contributed by atoms with Gasteiger partial charge in [-0.15, -0.1) is 0 Å². The first kappa shape index (κ1) is 14.1. The smallest absolute Gasteiger partial charge is 0.296 e. The second-order valence-corrected chi connectivity index (χ2v) is 5.35. The number of aromatic amines is 1. The lowest BCUT2D eigenvalue weighted by Gasteiger charge is -2.08. The van der Waals surface area contributed by atoms with E-state index in [0.29, 0.717) is 11.3 Å². The van der Waals surface area contributed by atoms with Crippen molar-refractivity contribution in [2.45, 2.75) is 13.8 Å². The van der Waals surface area contributed by atoms with E-state index in [4.69, 9.17) is 0 Å². The van der Waals surface area contributed by atoms with E-state index in [2.05, 4.69) is 10.3 Å². The van der Waals surface area contributed by atoms with Crippen LogP contribution < -0.4 is 5.32 Å². The monoisotopic (exact) mass is 292 g/mol. The summed E-state index contributed by atoms with van der Waals surface area (Å²) in [6.45, 7) is 3.84. The van der Waals surface area contributed by atoms with Crippen LogP contribution in [0.4, 0.5) is 5.69 Å². The van der Waals surface area contributed by atoms with E-state index in [1.165, 1.54) is 0 Å². The summed E-state index contributed by atoms with van der Waals surface area (Å²) >= 11 is 0. The molecule has 0 saturated heterocycles. The maximum Gasteiger partial charge on any atom is 0.296 e. The van der Waals surface area contributed by atoms with E-state index in [1.54, 1.807) is 6.20 Å². The van der Waals surface area contributed by atoms with Crippen LogP contribution in [0.25, 0.3) is 10.9 Å². The van der Waals surface area contributed by atoms with Crippen LogP contribution in [0.3, 0.4) is 0 Å². The summed E-state index contributed by atoms with van der Waals surface area (Å²) in [4.78, 5) is 27.6. The molecular weight excluding hydrogens is 276 g/mol. The number of aromatic nitrogens is 1. The topological polar surface area (TPSA) is 62.0 Å². The average Bonchev–Trinajstić information content (AvgIpc) is 2.94. The summed E-state index contributed by atoms with van der Waals surface area (Å²) in [5, 5.41) is 3.45. The van der Waals surface area contributed by atoms with Crippen molar-refractivity contribution in [2.24, 2.45) is 0 Å². The molecule has 3 rings (SSSR count).